The highest BCUT2D eigenvalue weighted by molar-refractivity contribution is 8.18. The molecule has 2 aromatic carbocycles. The lowest BCUT2D eigenvalue weighted by atomic mass is 10.1. The molecule has 1 fully saturated rings. The molecule has 1 heterocycles. The molecule has 1 aliphatic heterocycles. The van der Waals surface area contributed by atoms with Gasteiger partial charge in [0.2, 0.25) is 0 Å². The molecule has 1 saturated heterocycles. The maximum atomic E-state index is 12.7. The maximum absolute atomic E-state index is 12.7. The Morgan fingerprint density at radius 3 is 2.25 bits per heavy atom. The number of halogens is 1. The summed E-state index contributed by atoms with van der Waals surface area (Å²) in [7, 11) is 0. The predicted molar refractivity (Wildman–Crippen MR) is 130 cm³/mol. The van der Waals surface area contributed by atoms with Crippen molar-refractivity contribution in [1.29, 1.82) is 0 Å². The molecule has 0 N–H and O–H groups in total. The van der Waals surface area contributed by atoms with Gasteiger partial charge in [0, 0.05) is 0 Å². The largest absolute Gasteiger partial charge is 0.490 e. The Labute approximate surface area is 196 Å². The van der Waals surface area contributed by atoms with Crippen LogP contribution in [0.2, 0.25) is 5.02 Å². The summed E-state index contributed by atoms with van der Waals surface area (Å²) in [6.07, 6.45) is 6.26. The first-order valence-electron chi connectivity index (χ1n) is 9.92. The summed E-state index contributed by atoms with van der Waals surface area (Å²) in [5.74, 6) is 0.179. The van der Waals surface area contributed by atoms with Gasteiger partial charge in [0.15, 0.2) is 0 Å². The van der Waals surface area contributed by atoms with Crippen molar-refractivity contribution in [1.82, 2.24) is 4.90 Å². The molecule has 0 atom stereocenters. The highest BCUT2D eigenvalue weighted by atomic mass is 35.5. The first kappa shape index (κ1) is 23.6. The van der Waals surface area contributed by atoms with Crippen LogP contribution in [0, 0.1) is 0 Å². The van der Waals surface area contributed by atoms with E-state index < -0.39 is 0 Å². The Balaban J connectivity index is 1.63. The average Bonchev–Trinajstić information content (AvgIpc) is 3.03. The van der Waals surface area contributed by atoms with E-state index in [-0.39, 0.29) is 24.3 Å². The Morgan fingerprint density at radius 2 is 1.62 bits per heavy atom. The molecule has 0 aliphatic carbocycles. The van der Waals surface area contributed by atoms with Crippen LogP contribution in [0.15, 0.2) is 70.7 Å². The quantitative estimate of drug-likeness (QED) is 0.351. The molecule has 3 rings (SSSR count). The fraction of sp³-hybridized carbons (Fsp3) is 0.160. The number of ether oxygens (including phenoxy) is 1. The minimum absolute atomic E-state index is 0.144. The van der Waals surface area contributed by atoms with Crippen LogP contribution in [0.5, 0.6) is 5.75 Å². The molecule has 5 nitrogen and oxygen atoms in total. The lowest BCUT2D eigenvalue weighted by Gasteiger charge is -2.13. The molecule has 164 valence electrons. The number of imide groups is 1. The SMILES string of the molecule is C/C(C=O)=C\c1ccc(/C=C(C)/C=C2\SC(=O)N(CCOc3ccccc3Cl)C2=O)cc1. The number of thioether (sulfide) groups is 1. The van der Waals surface area contributed by atoms with E-state index in [1.54, 1.807) is 43.3 Å². The number of allylic oxidation sites excluding steroid dienone is 3. The Kier molecular flexibility index (Phi) is 8.09. The minimum atomic E-state index is -0.333. The van der Waals surface area contributed by atoms with Crippen molar-refractivity contribution in [3.63, 3.8) is 0 Å². The molecule has 0 unspecified atom stereocenters. The van der Waals surface area contributed by atoms with Gasteiger partial charge in [0.1, 0.15) is 18.6 Å². The van der Waals surface area contributed by atoms with E-state index in [0.29, 0.717) is 21.3 Å². The lowest BCUT2D eigenvalue weighted by Crippen LogP contribution is -2.32. The highest BCUT2D eigenvalue weighted by Crippen LogP contribution is 2.32. The van der Waals surface area contributed by atoms with Gasteiger partial charge in [-0.15, -0.1) is 0 Å². The van der Waals surface area contributed by atoms with Crippen molar-refractivity contribution in [2.24, 2.45) is 0 Å². The Morgan fingerprint density at radius 1 is 1.00 bits per heavy atom. The number of hydrogen-bond acceptors (Lipinski definition) is 5. The van der Waals surface area contributed by atoms with Crippen LogP contribution in [-0.2, 0) is 9.59 Å². The normalized spacial score (nSPS) is 16.1. The first-order chi connectivity index (χ1) is 15.4. The molecular formula is C25H22ClNO4S. The highest BCUT2D eigenvalue weighted by Gasteiger charge is 2.34. The van der Waals surface area contributed by atoms with Crippen LogP contribution in [0.4, 0.5) is 4.79 Å². The van der Waals surface area contributed by atoms with Crippen molar-refractivity contribution in [3.05, 3.63) is 86.8 Å². The molecule has 0 saturated carbocycles. The number of para-hydroxylation sites is 1. The third kappa shape index (κ3) is 6.22. The second-order valence-electron chi connectivity index (χ2n) is 7.17. The fourth-order valence-corrected chi connectivity index (χ4v) is 4.10. The molecule has 0 aromatic heterocycles. The van der Waals surface area contributed by atoms with Gasteiger partial charge in [0.05, 0.1) is 16.5 Å². The van der Waals surface area contributed by atoms with Crippen molar-refractivity contribution >= 4 is 52.9 Å². The second-order valence-corrected chi connectivity index (χ2v) is 8.57. The number of hydrogen-bond donors (Lipinski definition) is 0. The maximum Gasteiger partial charge on any atom is 0.293 e. The second kappa shape index (κ2) is 11.0. The van der Waals surface area contributed by atoms with Crippen LogP contribution < -0.4 is 4.74 Å². The molecule has 1 aliphatic rings. The van der Waals surface area contributed by atoms with Crippen LogP contribution in [0.25, 0.3) is 12.2 Å². The van der Waals surface area contributed by atoms with Gasteiger partial charge < -0.3 is 4.74 Å². The van der Waals surface area contributed by atoms with Gasteiger partial charge in [-0.3, -0.25) is 19.3 Å². The van der Waals surface area contributed by atoms with Gasteiger partial charge >= 0.3 is 0 Å². The number of nitrogens with zero attached hydrogens (tertiary/aromatic N) is 1. The van der Waals surface area contributed by atoms with Gasteiger partial charge in [0.25, 0.3) is 11.1 Å². The average molecular weight is 468 g/mol. The van der Waals surface area contributed by atoms with Crippen LogP contribution in [-0.4, -0.2) is 35.5 Å². The standard InChI is InChI=1S/C25H22ClNO4S/c1-17(13-19-7-9-20(10-8-19)14-18(2)16-28)15-23-24(29)27(25(30)32-23)11-12-31-22-6-4-3-5-21(22)26/h3-10,13-16H,11-12H2,1-2H3/b17-13+,18-14+,23-15-. The van der Waals surface area contributed by atoms with Crippen molar-refractivity contribution in [3.8, 4) is 5.75 Å². The molecule has 2 amide bonds. The van der Waals surface area contributed by atoms with Crippen LogP contribution >= 0.6 is 23.4 Å². The number of rotatable bonds is 8. The van der Waals surface area contributed by atoms with Crippen LogP contribution in [0.3, 0.4) is 0 Å². The van der Waals surface area contributed by atoms with Gasteiger partial charge in [-0.25, -0.2) is 0 Å². The van der Waals surface area contributed by atoms with E-state index in [1.807, 2.05) is 37.3 Å². The lowest BCUT2D eigenvalue weighted by molar-refractivity contribution is -0.123. The van der Waals surface area contributed by atoms with E-state index in [1.165, 1.54) is 4.90 Å². The molecule has 0 bridgehead atoms. The summed E-state index contributed by atoms with van der Waals surface area (Å²) >= 11 is 6.97. The zero-order valence-corrected chi connectivity index (χ0v) is 19.3. The number of carbonyl (C=O) groups is 3. The number of amides is 2. The predicted octanol–water partition coefficient (Wildman–Crippen LogP) is 6.00. The molecule has 7 heteroatoms. The van der Waals surface area contributed by atoms with Gasteiger partial charge in [-0.2, -0.15) is 0 Å². The van der Waals surface area contributed by atoms with E-state index >= 15 is 0 Å². The molecule has 32 heavy (non-hydrogen) atoms. The first-order valence-corrected chi connectivity index (χ1v) is 11.1. The third-order valence-corrected chi connectivity index (χ3v) is 5.77. The van der Waals surface area contributed by atoms with Crippen LogP contribution in [0.1, 0.15) is 25.0 Å². The fourth-order valence-electron chi connectivity index (χ4n) is 3.00. The number of carbonyl (C=O) groups excluding carboxylic acids is 3. The zero-order chi connectivity index (χ0) is 23.1. The number of aldehydes is 1. The summed E-state index contributed by atoms with van der Waals surface area (Å²) in [5.41, 5.74) is 3.38. The van der Waals surface area contributed by atoms with E-state index in [4.69, 9.17) is 16.3 Å². The topological polar surface area (TPSA) is 63.7 Å². The Bertz CT molecular complexity index is 1120. The molecule has 0 spiro atoms. The molecular weight excluding hydrogens is 446 g/mol. The van der Waals surface area contributed by atoms with E-state index in [9.17, 15) is 14.4 Å². The van der Waals surface area contributed by atoms with Crippen molar-refractivity contribution in [2.75, 3.05) is 13.2 Å². The van der Waals surface area contributed by atoms with E-state index in [2.05, 4.69) is 0 Å². The smallest absolute Gasteiger partial charge is 0.293 e. The molecule has 2 aromatic rings. The third-order valence-electron chi connectivity index (χ3n) is 4.55. The summed E-state index contributed by atoms with van der Waals surface area (Å²) in [4.78, 5) is 37.2. The zero-order valence-electron chi connectivity index (χ0n) is 17.7. The van der Waals surface area contributed by atoms with Crippen molar-refractivity contribution < 1.29 is 19.1 Å². The minimum Gasteiger partial charge on any atom is -0.490 e. The Hall–Kier alpha value is -3.09. The van der Waals surface area contributed by atoms with Gasteiger partial charge in [-0.05, 0) is 72.2 Å². The summed E-state index contributed by atoms with van der Waals surface area (Å²) in [6.45, 7) is 3.93. The summed E-state index contributed by atoms with van der Waals surface area (Å²) in [6, 6.07) is 14.7. The monoisotopic (exact) mass is 467 g/mol. The summed E-state index contributed by atoms with van der Waals surface area (Å²) in [5, 5.41) is 0.156. The van der Waals surface area contributed by atoms with Gasteiger partial charge in [-0.1, -0.05) is 54.1 Å². The molecule has 0 radical (unpaired) electrons. The summed E-state index contributed by atoms with van der Waals surface area (Å²) < 4.78 is 5.59. The van der Waals surface area contributed by atoms with Crippen molar-refractivity contribution in [2.45, 2.75) is 13.8 Å². The van der Waals surface area contributed by atoms with E-state index in [0.717, 1.165) is 34.7 Å². The number of benzene rings is 2.